The number of aliphatic hydroxyl groups is 1. The Labute approximate surface area is 110 Å². The predicted octanol–water partition coefficient (Wildman–Crippen LogP) is 2.97. The molecule has 18 heavy (non-hydrogen) atoms. The van der Waals surface area contributed by atoms with E-state index in [0.717, 1.165) is 33.4 Å². The van der Waals surface area contributed by atoms with Gasteiger partial charge in [-0.2, -0.15) is 0 Å². The van der Waals surface area contributed by atoms with Crippen molar-refractivity contribution >= 4 is 33.3 Å². The molecule has 0 aliphatic carbocycles. The van der Waals surface area contributed by atoms with Gasteiger partial charge in [-0.1, -0.05) is 24.3 Å². The number of nitrogens with one attached hydrogen (secondary N) is 1. The molecule has 0 spiro atoms. The van der Waals surface area contributed by atoms with Gasteiger partial charge in [-0.3, -0.25) is 5.41 Å². The highest BCUT2D eigenvalue weighted by atomic mass is 32.1. The van der Waals surface area contributed by atoms with Crippen LogP contribution in [0.4, 0.5) is 0 Å². The first kappa shape index (κ1) is 12.8. The maximum atomic E-state index is 8.73. The van der Waals surface area contributed by atoms with Crippen molar-refractivity contribution in [3.05, 3.63) is 40.8 Å². The minimum Gasteiger partial charge on any atom is -0.396 e. The zero-order valence-electron chi connectivity index (χ0n) is 10.0. The fraction of sp³-hybridized carbons (Fsp3) is 0.214. The Hall–Kier alpha value is -1.65. The van der Waals surface area contributed by atoms with Crippen LogP contribution in [0.2, 0.25) is 0 Å². The number of hydrogen-bond acceptors (Lipinski definition) is 3. The normalized spacial score (nSPS) is 11.4. The van der Waals surface area contributed by atoms with Gasteiger partial charge in [-0.15, -0.1) is 11.3 Å². The van der Waals surface area contributed by atoms with Gasteiger partial charge in [0.05, 0.1) is 4.88 Å². The lowest BCUT2D eigenvalue weighted by Crippen LogP contribution is -2.08. The number of rotatable bonds is 5. The highest BCUT2D eigenvalue weighted by molar-refractivity contribution is 7.20. The van der Waals surface area contributed by atoms with E-state index in [9.17, 15) is 0 Å². The molecule has 0 aliphatic rings. The van der Waals surface area contributed by atoms with Crippen LogP contribution in [0.3, 0.4) is 0 Å². The van der Waals surface area contributed by atoms with Crippen molar-refractivity contribution in [2.75, 3.05) is 6.61 Å². The number of aliphatic hydroxyl groups excluding tert-OH is 1. The van der Waals surface area contributed by atoms with E-state index in [-0.39, 0.29) is 12.4 Å². The summed E-state index contributed by atoms with van der Waals surface area (Å²) in [5.41, 5.74) is 6.65. The smallest absolute Gasteiger partial charge is 0.133 e. The maximum absolute atomic E-state index is 8.73. The van der Waals surface area contributed by atoms with Crippen LogP contribution >= 0.6 is 11.3 Å². The van der Waals surface area contributed by atoms with Gasteiger partial charge in [0.25, 0.3) is 0 Å². The topological polar surface area (TPSA) is 70.1 Å². The van der Waals surface area contributed by atoms with Crippen LogP contribution in [0.25, 0.3) is 16.2 Å². The fourth-order valence-electron chi connectivity index (χ4n) is 1.78. The van der Waals surface area contributed by atoms with Crippen molar-refractivity contribution in [1.29, 1.82) is 5.41 Å². The third-order valence-corrected chi connectivity index (χ3v) is 3.82. The molecule has 0 fully saturated rings. The number of nitrogens with two attached hydrogens (primary N) is 1. The highest BCUT2D eigenvalue weighted by Gasteiger charge is 2.06. The summed E-state index contributed by atoms with van der Waals surface area (Å²) in [4.78, 5) is 0.807. The maximum Gasteiger partial charge on any atom is 0.133 e. The van der Waals surface area contributed by atoms with E-state index in [1.54, 1.807) is 0 Å². The largest absolute Gasteiger partial charge is 0.396 e. The van der Waals surface area contributed by atoms with Gasteiger partial charge in [-0.05, 0) is 30.5 Å². The summed E-state index contributed by atoms with van der Waals surface area (Å²) >= 11 is 1.54. The Balaban J connectivity index is 2.32. The Morgan fingerprint density at radius 3 is 3.00 bits per heavy atom. The number of allylic oxidation sites excluding steroid dienone is 1. The van der Waals surface area contributed by atoms with Crippen LogP contribution in [0.5, 0.6) is 0 Å². The molecule has 2 aromatic rings. The molecule has 0 atom stereocenters. The van der Waals surface area contributed by atoms with Gasteiger partial charge >= 0.3 is 0 Å². The molecule has 0 radical (unpaired) electrons. The summed E-state index contributed by atoms with van der Waals surface area (Å²) in [6.45, 7) is 0.224. The molecular formula is C14H16N2OS. The quantitative estimate of drug-likeness (QED) is 0.439. The number of benzene rings is 1. The van der Waals surface area contributed by atoms with Crippen LogP contribution in [0.1, 0.15) is 23.3 Å². The zero-order valence-corrected chi connectivity index (χ0v) is 10.8. The monoisotopic (exact) mass is 260 g/mol. The van der Waals surface area contributed by atoms with Crippen LogP contribution < -0.4 is 5.73 Å². The average molecular weight is 260 g/mol. The van der Waals surface area contributed by atoms with Crippen LogP contribution in [0, 0.1) is 5.41 Å². The molecular weight excluding hydrogens is 244 g/mol. The molecule has 94 valence electrons. The molecule has 1 aromatic heterocycles. The van der Waals surface area contributed by atoms with E-state index in [0.29, 0.717) is 0 Å². The van der Waals surface area contributed by atoms with E-state index in [1.165, 1.54) is 11.3 Å². The van der Waals surface area contributed by atoms with Crippen LogP contribution in [0.15, 0.2) is 30.3 Å². The molecule has 2 rings (SSSR count). The van der Waals surface area contributed by atoms with Crippen LogP contribution in [-0.2, 0) is 0 Å². The molecule has 0 saturated carbocycles. The average Bonchev–Trinajstić information content (AvgIpc) is 2.79. The minimum atomic E-state index is 0.117. The van der Waals surface area contributed by atoms with Crippen LogP contribution in [-0.4, -0.2) is 17.5 Å². The first-order valence-corrected chi connectivity index (χ1v) is 6.68. The van der Waals surface area contributed by atoms with E-state index in [2.05, 4.69) is 18.2 Å². The molecule has 0 bridgehead atoms. The number of unbranched alkanes of at least 4 members (excludes halogenated alkanes) is 1. The molecule has 0 unspecified atom stereocenters. The van der Waals surface area contributed by atoms with Crippen molar-refractivity contribution in [3.63, 3.8) is 0 Å². The second kappa shape index (κ2) is 5.80. The number of hydrogen-bond donors (Lipinski definition) is 3. The van der Waals surface area contributed by atoms with Gasteiger partial charge in [0.1, 0.15) is 5.84 Å². The lowest BCUT2D eigenvalue weighted by molar-refractivity contribution is 0.290. The summed E-state index contributed by atoms with van der Waals surface area (Å²) in [6.07, 6.45) is 5.79. The number of thiophene rings is 1. The first-order chi connectivity index (χ1) is 8.72. The third-order valence-electron chi connectivity index (χ3n) is 2.69. The summed E-state index contributed by atoms with van der Waals surface area (Å²) in [5, 5.41) is 17.3. The van der Waals surface area contributed by atoms with Gasteiger partial charge in [-0.25, -0.2) is 0 Å². The van der Waals surface area contributed by atoms with E-state index in [1.807, 2.05) is 18.2 Å². The molecule has 4 heteroatoms. The number of fused-ring (bicyclic) bond motifs is 1. The highest BCUT2D eigenvalue weighted by Crippen LogP contribution is 2.28. The second-order valence-corrected chi connectivity index (χ2v) is 5.14. The summed E-state index contributed by atoms with van der Waals surface area (Å²) in [5.74, 6) is 0.117. The summed E-state index contributed by atoms with van der Waals surface area (Å²) in [7, 11) is 0. The Morgan fingerprint density at radius 2 is 2.28 bits per heavy atom. The first-order valence-electron chi connectivity index (χ1n) is 5.86. The molecule has 3 nitrogen and oxygen atoms in total. The van der Waals surface area contributed by atoms with Crippen molar-refractivity contribution in [2.24, 2.45) is 5.73 Å². The Morgan fingerprint density at radius 1 is 1.44 bits per heavy atom. The Bertz CT molecular complexity index is 586. The summed E-state index contributed by atoms with van der Waals surface area (Å²) in [6, 6.07) is 8.06. The van der Waals surface area contributed by atoms with E-state index in [4.69, 9.17) is 16.2 Å². The summed E-state index contributed by atoms with van der Waals surface area (Å²) < 4.78 is 1.14. The van der Waals surface area contributed by atoms with Gasteiger partial charge in [0, 0.05) is 16.7 Å². The predicted molar refractivity (Wildman–Crippen MR) is 78.2 cm³/mol. The van der Waals surface area contributed by atoms with Gasteiger partial charge in [0.2, 0.25) is 0 Å². The lowest BCUT2D eigenvalue weighted by Gasteiger charge is -1.96. The van der Waals surface area contributed by atoms with Crippen molar-refractivity contribution in [2.45, 2.75) is 12.8 Å². The van der Waals surface area contributed by atoms with E-state index < -0.39 is 0 Å². The fourth-order valence-corrected chi connectivity index (χ4v) is 2.74. The van der Waals surface area contributed by atoms with Crippen molar-refractivity contribution in [1.82, 2.24) is 0 Å². The molecule has 1 aromatic carbocycles. The number of amidine groups is 1. The molecule has 0 amide bonds. The van der Waals surface area contributed by atoms with Gasteiger partial charge < -0.3 is 10.8 Å². The van der Waals surface area contributed by atoms with Gasteiger partial charge in [0.15, 0.2) is 0 Å². The van der Waals surface area contributed by atoms with Crippen molar-refractivity contribution in [3.8, 4) is 0 Å². The number of nitrogen functional groups attached to an aromatic ring is 1. The Kier molecular flexibility index (Phi) is 4.12. The zero-order chi connectivity index (χ0) is 13.0. The molecule has 1 heterocycles. The lowest BCUT2D eigenvalue weighted by atomic mass is 10.1. The third kappa shape index (κ3) is 2.78. The molecule has 0 aliphatic heterocycles. The standard InChI is InChI=1S/C14H16N2OS/c15-14(16)13-9-11-10(5-2-1-3-8-17)6-4-7-12(11)18-13/h2,4-7,9,17H,1,3,8H2,(H3,15,16). The minimum absolute atomic E-state index is 0.117. The van der Waals surface area contributed by atoms with E-state index >= 15 is 0 Å². The molecule has 0 saturated heterocycles. The molecule has 4 N–H and O–H groups in total. The van der Waals surface area contributed by atoms with Crippen molar-refractivity contribution < 1.29 is 5.11 Å². The second-order valence-electron chi connectivity index (χ2n) is 4.05. The SMILES string of the molecule is N=C(N)c1cc2c(C=CCCCO)cccc2s1.